The van der Waals surface area contributed by atoms with E-state index in [0.29, 0.717) is 25.6 Å². The minimum Gasteiger partial charge on any atom is -0.375 e. The Kier molecular flexibility index (Phi) is 16.7. The second-order valence-electron chi connectivity index (χ2n) is 13.6. The number of nitrogens with zero attached hydrogens (tertiary/aromatic N) is 2. The van der Waals surface area contributed by atoms with Crippen LogP contribution < -0.4 is 5.32 Å². The highest BCUT2D eigenvalue weighted by molar-refractivity contribution is 6.30. The van der Waals surface area contributed by atoms with Gasteiger partial charge in [0.25, 0.3) is 0 Å². The minimum atomic E-state index is 0.124. The van der Waals surface area contributed by atoms with Crippen molar-refractivity contribution in [1.82, 2.24) is 15.2 Å². The Hall–Kier alpha value is -4.13. The molecule has 2 heterocycles. The normalized spacial score (nSPS) is 15.7. The van der Waals surface area contributed by atoms with Crippen molar-refractivity contribution in [2.45, 2.75) is 70.4 Å². The molecule has 4 aromatic rings. The van der Waals surface area contributed by atoms with Gasteiger partial charge in [0.1, 0.15) is 0 Å². The molecule has 0 saturated carbocycles. The Morgan fingerprint density at radius 2 is 1.71 bits per heavy atom. The topological polar surface area (TPSA) is 61.2 Å². The van der Waals surface area contributed by atoms with E-state index in [9.17, 15) is 0 Å². The Morgan fingerprint density at radius 3 is 2.35 bits per heavy atom. The van der Waals surface area contributed by atoms with Crippen molar-refractivity contribution in [3.05, 3.63) is 161 Å². The van der Waals surface area contributed by atoms with Crippen molar-refractivity contribution in [3.63, 3.8) is 0 Å². The van der Waals surface area contributed by atoms with Crippen molar-refractivity contribution in [1.29, 1.82) is 5.41 Å². The van der Waals surface area contributed by atoms with Gasteiger partial charge in [-0.3, -0.25) is 4.98 Å². The number of hydrogen-bond donors (Lipinski definition) is 2. The molecule has 0 saturated heterocycles. The van der Waals surface area contributed by atoms with Crippen LogP contribution in [0.15, 0.2) is 122 Å². The zero-order valence-corrected chi connectivity index (χ0v) is 32.2. The SMILES string of the molecule is C=C.C=C/C=C(\C=N)CCOCc1nc2c(c(-c3cccc(Cl)c3)c1C(C)CCCC(c1ccccc1)c1ccccc1)C(C)NCCN(C)CC2. The molecule has 0 fully saturated rings. The average molecular weight is 717 g/mol. The van der Waals surface area contributed by atoms with Gasteiger partial charge in [-0.2, -0.15) is 0 Å². The van der Waals surface area contributed by atoms with Crippen LogP contribution in [0.2, 0.25) is 5.02 Å². The second kappa shape index (κ2) is 21.4. The molecule has 5 rings (SSSR count). The van der Waals surface area contributed by atoms with Crippen molar-refractivity contribution in [2.24, 2.45) is 0 Å². The van der Waals surface area contributed by atoms with Gasteiger partial charge in [0, 0.05) is 54.9 Å². The fourth-order valence-corrected chi connectivity index (χ4v) is 7.53. The molecule has 2 unspecified atom stereocenters. The van der Waals surface area contributed by atoms with Crippen LogP contribution in [0.4, 0.5) is 0 Å². The molecule has 0 amide bonds. The molecule has 0 spiro atoms. The molecule has 0 bridgehead atoms. The first kappa shape index (κ1) is 40.6. The van der Waals surface area contributed by atoms with Gasteiger partial charge in [-0.1, -0.05) is 116 Å². The number of benzene rings is 3. The van der Waals surface area contributed by atoms with Crippen LogP contribution >= 0.6 is 11.6 Å². The van der Waals surface area contributed by atoms with Crippen molar-refractivity contribution >= 4 is 17.8 Å². The van der Waals surface area contributed by atoms with Gasteiger partial charge in [-0.05, 0) is 90.2 Å². The van der Waals surface area contributed by atoms with E-state index in [0.717, 1.165) is 72.9 Å². The standard InChI is InChI=1S/C44H53ClN4O.C2H4/c1-5-14-34(30-46)24-28-50-31-41-42(32(2)15-12-22-39(35-16-8-6-9-17-35)36-18-10-7-11-19-36)44(37-20-13-21-38(45)29-37)43-33(3)47-25-27-49(4)26-23-40(43)48-41;1-2/h5-11,13-14,16-21,29-30,32-33,39,46-47H,1,12,15,22-28,31H2,2-4H3;1-2H2/b34-14-,46-30?;. The first-order valence-corrected chi connectivity index (χ1v) is 19.0. The van der Waals surface area contributed by atoms with Crippen molar-refractivity contribution < 1.29 is 4.74 Å². The average Bonchev–Trinajstić information content (AvgIpc) is 3.24. The monoisotopic (exact) mass is 716 g/mol. The number of allylic oxidation sites excluding steroid dienone is 2. The fraction of sp³-hybridized carbons (Fsp3) is 0.348. The summed E-state index contributed by atoms with van der Waals surface area (Å²) in [6, 6.07) is 30.3. The van der Waals surface area contributed by atoms with Crippen LogP contribution in [-0.4, -0.2) is 49.4 Å². The number of ether oxygens (including phenoxy) is 1. The van der Waals surface area contributed by atoms with Crippen LogP contribution in [0.5, 0.6) is 0 Å². The van der Waals surface area contributed by atoms with Crippen LogP contribution in [0.25, 0.3) is 11.1 Å². The highest BCUT2D eigenvalue weighted by Crippen LogP contribution is 2.42. The van der Waals surface area contributed by atoms with Crippen molar-refractivity contribution in [3.8, 4) is 11.1 Å². The molecule has 3 aromatic carbocycles. The van der Waals surface area contributed by atoms with E-state index in [1.807, 2.05) is 12.1 Å². The first-order valence-electron chi connectivity index (χ1n) is 18.6. The molecule has 52 heavy (non-hydrogen) atoms. The molecule has 1 aliphatic heterocycles. The number of halogens is 1. The lowest BCUT2D eigenvalue weighted by molar-refractivity contribution is 0.121. The van der Waals surface area contributed by atoms with E-state index in [2.05, 4.69) is 130 Å². The third-order valence-electron chi connectivity index (χ3n) is 9.97. The van der Waals surface area contributed by atoms with Crippen LogP contribution in [0.3, 0.4) is 0 Å². The summed E-state index contributed by atoms with van der Waals surface area (Å²) >= 11 is 6.70. The summed E-state index contributed by atoms with van der Waals surface area (Å²) in [5.41, 5.74) is 10.7. The van der Waals surface area contributed by atoms with E-state index in [1.54, 1.807) is 6.08 Å². The summed E-state index contributed by atoms with van der Waals surface area (Å²) in [7, 11) is 2.19. The number of pyridine rings is 1. The molecule has 274 valence electrons. The zero-order valence-electron chi connectivity index (χ0n) is 31.4. The maximum Gasteiger partial charge on any atom is 0.0891 e. The van der Waals surface area contributed by atoms with Crippen molar-refractivity contribution in [2.75, 3.05) is 33.3 Å². The molecule has 1 aromatic heterocycles. The molecule has 2 N–H and O–H groups in total. The minimum absolute atomic E-state index is 0.124. The fourth-order valence-electron chi connectivity index (χ4n) is 7.34. The second-order valence-corrected chi connectivity index (χ2v) is 14.0. The van der Waals surface area contributed by atoms with Crippen LogP contribution in [-0.2, 0) is 17.8 Å². The van der Waals surface area contributed by atoms with Crippen LogP contribution in [0.1, 0.15) is 91.1 Å². The zero-order chi connectivity index (χ0) is 37.3. The van der Waals surface area contributed by atoms with E-state index >= 15 is 0 Å². The van der Waals surface area contributed by atoms with Gasteiger partial charge in [0.2, 0.25) is 0 Å². The van der Waals surface area contributed by atoms with Crippen LogP contribution in [0, 0.1) is 5.41 Å². The molecule has 5 nitrogen and oxygen atoms in total. The van der Waals surface area contributed by atoms with Gasteiger partial charge in [-0.15, -0.1) is 13.2 Å². The smallest absolute Gasteiger partial charge is 0.0891 e. The highest BCUT2D eigenvalue weighted by atomic mass is 35.5. The molecular formula is C46H57ClN4O. The number of rotatable bonds is 15. The molecule has 0 radical (unpaired) electrons. The van der Waals surface area contributed by atoms with Gasteiger partial charge in [-0.25, -0.2) is 0 Å². The summed E-state index contributed by atoms with van der Waals surface area (Å²) in [6.45, 7) is 18.2. The summed E-state index contributed by atoms with van der Waals surface area (Å²) in [4.78, 5) is 7.86. The third-order valence-corrected chi connectivity index (χ3v) is 10.2. The molecule has 6 heteroatoms. The number of hydrogen-bond acceptors (Lipinski definition) is 5. The summed E-state index contributed by atoms with van der Waals surface area (Å²) in [5, 5.41) is 12.3. The molecule has 2 atom stereocenters. The number of aromatic nitrogens is 1. The summed E-state index contributed by atoms with van der Waals surface area (Å²) < 4.78 is 6.39. The maximum absolute atomic E-state index is 7.76. The van der Waals surface area contributed by atoms with E-state index in [1.165, 1.54) is 34.0 Å². The van der Waals surface area contributed by atoms with Gasteiger partial charge >= 0.3 is 0 Å². The van der Waals surface area contributed by atoms with E-state index in [4.69, 9.17) is 26.7 Å². The Bertz CT molecular complexity index is 1700. The lowest BCUT2D eigenvalue weighted by Crippen LogP contribution is -2.30. The summed E-state index contributed by atoms with van der Waals surface area (Å²) in [5.74, 6) is 0.568. The van der Waals surface area contributed by atoms with Gasteiger partial charge < -0.3 is 20.4 Å². The van der Waals surface area contributed by atoms with E-state index < -0.39 is 0 Å². The lowest BCUT2D eigenvalue weighted by atomic mass is 9.81. The number of likely N-dealkylation sites (N-methyl/N-ethyl adjacent to an activating group) is 1. The molecular weight excluding hydrogens is 660 g/mol. The third kappa shape index (κ3) is 11.2. The van der Waals surface area contributed by atoms with Gasteiger partial charge in [0.05, 0.1) is 18.9 Å². The van der Waals surface area contributed by atoms with E-state index in [-0.39, 0.29) is 12.0 Å². The lowest BCUT2D eigenvalue weighted by Gasteiger charge is -2.28. The highest BCUT2D eigenvalue weighted by Gasteiger charge is 2.28. The number of fused-ring (bicyclic) bond motifs is 1. The Morgan fingerprint density at radius 1 is 1.02 bits per heavy atom. The molecule has 0 aliphatic carbocycles. The molecule has 1 aliphatic rings. The Balaban J connectivity index is 0.00000297. The van der Waals surface area contributed by atoms with Gasteiger partial charge in [0.15, 0.2) is 0 Å². The largest absolute Gasteiger partial charge is 0.375 e. The number of nitrogens with one attached hydrogen (secondary N) is 2. The quantitative estimate of drug-likeness (QED) is 0.0556. The summed E-state index contributed by atoms with van der Waals surface area (Å²) in [6.07, 6.45) is 9.63. The predicted octanol–water partition coefficient (Wildman–Crippen LogP) is 11.1. The predicted molar refractivity (Wildman–Crippen MR) is 222 cm³/mol. The maximum atomic E-state index is 7.76. The Labute approximate surface area is 318 Å². The first-order chi connectivity index (χ1) is 25.4.